The van der Waals surface area contributed by atoms with Crippen LogP contribution in [-0.4, -0.2) is 8.42 Å². The Hall–Kier alpha value is -1.60. The molecule has 2 rings (SSSR count). The van der Waals surface area contributed by atoms with E-state index in [-0.39, 0.29) is 16.3 Å². The van der Waals surface area contributed by atoms with Gasteiger partial charge in [0.1, 0.15) is 10.7 Å². The molecule has 0 aromatic heterocycles. The van der Waals surface area contributed by atoms with E-state index < -0.39 is 15.8 Å². The molecule has 2 aromatic carbocycles. The van der Waals surface area contributed by atoms with Gasteiger partial charge in [0.15, 0.2) is 0 Å². The van der Waals surface area contributed by atoms with Crippen molar-refractivity contribution in [2.24, 2.45) is 0 Å². The topological polar surface area (TPSA) is 72.2 Å². The Morgan fingerprint density at radius 1 is 1.25 bits per heavy atom. The van der Waals surface area contributed by atoms with Crippen LogP contribution in [0.2, 0.25) is 0 Å². The van der Waals surface area contributed by atoms with Crippen LogP contribution in [0, 0.1) is 12.7 Å². The summed E-state index contributed by atoms with van der Waals surface area (Å²) in [6.07, 6.45) is 0. The van der Waals surface area contributed by atoms with Crippen LogP contribution in [0.15, 0.2) is 45.8 Å². The molecule has 106 valence electrons. The first-order valence-electron chi connectivity index (χ1n) is 5.64. The number of benzene rings is 2. The van der Waals surface area contributed by atoms with Crippen molar-refractivity contribution in [1.82, 2.24) is 0 Å². The summed E-state index contributed by atoms with van der Waals surface area (Å²) in [6.45, 7) is 1.62. The van der Waals surface area contributed by atoms with Crippen LogP contribution in [-0.2, 0) is 10.0 Å². The van der Waals surface area contributed by atoms with Crippen LogP contribution in [0.5, 0.6) is 0 Å². The molecule has 20 heavy (non-hydrogen) atoms. The van der Waals surface area contributed by atoms with Gasteiger partial charge in [0.05, 0.1) is 11.4 Å². The van der Waals surface area contributed by atoms with E-state index in [1.807, 2.05) is 0 Å². The number of sulfonamides is 1. The van der Waals surface area contributed by atoms with Gasteiger partial charge in [-0.2, -0.15) is 0 Å². The molecule has 0 amide bonds. The van der Waals surface area contributed by atoms with Crippen molar-refractivity contribution in [2.75, 3.05) is 10.5 Å². The third-order valence-electron chi connectivity index (χ3n) is 2.72. The maximum Gasteiger partial charge on any atom is 0.264 e. The molecular formula is C13H12BrFN2O2S. The molecular weight excluding hydrogens is 347 g/mol. The van der Waals surface area contributed by atoms with Crippen LogP contribution < -0.4 is 10.5 Å². The average Bonchev–Trinajstić information content (AvgIpc) is 2.37. The molecule has 0 atom stereocenters. The molecule has 0 aliphatic carbocycles. The van der Waals surface area contributed by atoms with E-state index in [2.05, 4.69) is 20.7 Å². The summed E-state index contributed by atoms with van der Waals surface area (Å²) in [7, 11) is -3.96. The molecule has 3 N–H and O–H groups in total. The van der Waals surface area contributed by atoms with Crippen LogP contribution >= 0.6 is 15.9 Å². The largest absolute Gasteiger partial charge is 0.398 e. The van der Waals surface area contributed by atoms with Crippen molar-refractivity contribution >= 4 is 37.3 Å². The first kappa shape index (κ1) is 14.8. The fourth-order valence-electron chi connectivity index (χ4n) is 1.69. The molecule has 2 aromatic rings. The Labute approximate surface area is 125 Å². The lowest BCUT2D eigenvalue weighted by Crippen LogP contribution is -2.16. The Kier molecular flexibility index (Phi) is 4.01. The Bertz CT molecular complexity index is 743. The lowest BCUT2D eigenvalue weighted by Gasteiger charge is -2.13. The van der Waals surface area contributed by atoms with E-state index in [1.165, 1.54) is 24.3 Å². The number of rotatable bonds is 3. The van der Waals surface area contributed by atoms with Crippen molar-refractivity contribution in [1.29, 1.82) is 0 Å². The second-order valence-corrected chi connectivity index (χ2v) is 6.79. The number of nitrogen functional groups attached to an aromatic ring is 1. The SMILES string of the molecule is Cc1cccc(F)c1NS(=O)(=O)c1cc(Br)ccc1N. The molecule has 0 heterocycles. The maximum absolute atomic E-state index is 13.7. The fourth-order valence-corrected chi connectivity index (χ4v) is 3.50. The van der Waals surface area contributed by atoms with E-state index in [4.69, 9.17) is 5.73 Å². The Balaban J connectivity index is 2.49. The quantitative estimate of drug-likeness (QED) is 0.827. The first-order chi connectivity index (χ1) is 9.31. The molecule has 0 fully saturated rings. The zero-order chi connectivity index (χ0) is 14.9. The third kappa shape index (κ3) is 2.94. The summed E-state index contributed by atoms with van der Waals surface area (Å²) in [5.74, 6) is -0.637. The number of hydrogen-bond acceptors (Lipinski definition) is 3. The highest BCUT2D eigenvalue weighted by Crippen LogP contribution is 2.27. The lowest BCUT2D eigenvalue weighted by atomic mass is 10.2. The number of para-hydroxylation sites is 1. The number of hydrogen-bond donors (Lipinski definition) is 2. The highest BCUT2D eigenvalue weighted by molar-refractivity contribution is 9.10. The monoisotopic (exact) mass is 358 g/mol. The van der Waals surface area contributed by atoms with Crippen LogP contribution in [0.1, 0.15) is 5.56 Å². The lowest BCUT2D eigenvalue weighted by molar-refractivity contribution is 0.598. The number of aryl methyl sites for hydroxylation is 1. The Morgan fingerprint density at radius 2 is 1.95 bits per heavy atom. The minimum Gasteiger partial charge on any atom is -0.398 e. The summed E-state index contributed by atoms with van der Waals surface area (Å²) in [6, 6.07) is 8.78. The molecule has 0 aliphatic rings. The second-order valence-electron chi connectivity index (χ2n) is 4.22. The zero-order valence-electron chi connectivity index (χ0n) is 10.5. The number of halogens is 2. The van der Waals surface area contributed by atoms with Gasteiger partial charge in [-0.1, -0.05) is 28.1 Å². The third-order valence-corrected chi connectivity index (χ3v) is 4.62. The summed E-state index contributed by atoms with van der Waals surface area (Å²) >= 11 is 3.18. The standard InChI is InChI=1S/C13H12BrFN2O2S/c1-8-3-2-4-10(15)13(8)17-20(18,19)12-7-9(14)5-6-11(12)16/h2-7,17H,16H2,1H3. The van der Waals surface area contributed by atoms with Gasteiger partial charge in [-0.05, 0) is 36.8 Å². The normalized spacial score (nSPS) is 11.3. The van der Waals surface area contributed by atoms with E-state index in [1.54, 1.807) is 19.1 Å². The molecule has 0 spiro atoms. The van der Waals surface area contributed by atoms with Gasteiger partial charge in [-0.15, -0.1) is 0 Å². The summed E-state index contributed by atoms with van der Waals surface area (Å²) < 4.78 is 41.1. The molecule has 0 unspecified atom stereocenters. The van der Waals surface area contributed by atoms with E-state index in [0.29, 0.717) is 10.0 Å². The minimum atomic E-state index is -3.96. The van der Waals surface area contributed by atoms with Gasteiger partial charge in [0.2, 0.25) is 0 Å². The molecule has 4 nitrogen and oxygen atoms in total. The van der Waals surface area contributed by atoms with Gasteiger partial charge in [-0.25, -0.2) is 12.8 Å². The highest BCUT2D eigenvalue weighted by Gasteiger charge is 2.20. The molecule has 0 radical (unpaired) electrons. The van der Waals surface area contributed by atoms with Crippen molar-refractivity contribution in [2.45, 2.75) is 11.8 Å². The van der Waals surface area contributed by atoms with Gasteiger partial charge in [-0.3, -0.25) is 4.72 Å². The first-order valence-corrected chi connectivity index (χ1v) is 7.92. The van der Waals surface area contributed by atoms with E-state index in [9.17, 15) is 12.8 Å². The molecule has 0 saturated carbocycles. The number of nitrogens with two attached hydrogens (primary N) is 1. The van der Waals surface area contributed by atoms with Crippen molar-refractivity contribution in [3.63, 3.8) is 0 Å². The van der Waals surface area contributed by atoms with Crippen molar-refractivity contribution in [3.05, 3.63) is 52.3 Å². The van der Waals surface area contributed by atoms with Crippen molar-refractivity contribution < 1.29 is 12.8 Å². The predicted molar refractivity (Wildman–Crippen MR) is 80.5 cm³/mol. The molecule has 0 saturated heterocycles. The summed E-state index contributed by atoms with van der Waals surface area (Å²) in [5.41, 5.74) is 6.18. The summed E-state index contributed by atoms with van der Waals surface area (Å²) in [5, 5.41) is 0. The number of nitrogens with one attached hydrogen (secondary N) is 1. The smallest absolute Gasteiger partial charge is 0.264 e. The van der Waals surface area contributed by atoms with Crippen molar-refractivity contribution in [3.8, 4) is 0 Å². The van der Waals surface area contributed by atoms with Gasteiger partial charge in [0.25, 0.3) is 10.0 Å². The van der Waals surface area contributed by atoms with E-state index in [0.717, 1.165) is 0 Å². The van der Waals surface area contributed by atoms with E-state index >= 15 is 0 Å². The maximum atomic E-state index is 13.7. The van der Waals surface area contributed by atoms with Crippen LogP contribution in [0.3, 0.4) is 0 Å². The van der Waals surface area contributed by atoms with Crippen LogP contribution in [0.25, 0.3) is 0 Å². The molecule has 0 aliphatic heterocycles. The number of anilines is 2. The summed E-state index contributed by atoms with van der Waals surface area (Å²) in [4.78, 5) is -0.102. The fraction of sp³-hybridized carbons (Fsp3) is 0.0769. The minimum absolute atomic E-state index is 0.0770. The predicted octanol–water partition coefficient (Wildman–Crippen LogP) is 3.28. The second kappa shape index (κ2) is 5.41. The van der Waals surface area contributed by atoms with Crippen LogP contribution in [0.4, 0.5) is 15.8 Å². The Morgan fingerprint density at radius 3 is 2.60 bits per heavy atom. The van der Waals surface area contributed by atoms with Gasteiger partial charge < -0.3 is 5.73 Å². The highest BCUT2D eigenvalue weighted by atomic mass is 79.9. The molecule has 7 heteroatoms. The molecule has 0 bridgehead atoms. The van der Waals surface area contributed by atoms with Gasteiger partial charge in [0, 0.05) is 4.47 Å². The van der Waals surface area contributed by atoms with Gasteiger partial charge >= 0.3 is 0 Å². The average molecular weight is 359 g/mol. The zero-order valence-corrected chi connectivity index (χ0v) is 12.9.